The van der Waals surface area contributed by atoms with Crippen LogP contribution in [0.5, 0.6) is 0 Å². The van der Waals surface area contributed by atoms with E-state index in [1.807, 2.05) is 16.8 Å². The number of aryl methyl sites for hydroxylation is 2. The maximum absolute atomic E-state index is 4.44. The molecular weight excluding hydrogens is 304 g/mol. The molecule has 0 bridgehead atoms. The Morgan fingerprint density at radius 3 is 2.58 bits per heavy atom. The zero-order chi connectivity index (χ0) is 13.4. The van der Waals surface area contributed by atoms with Crippen LogP contribution in [0.2, 0.25) is 0 Å². The second-order valence-electron chi connectivity index (χ2n) is 4.44. The van der Waals surface area contributed by atoms with E-state index in [2.05, 4.69) is 57.3 Å². The number of nitrogens with zero attached hydrogens (tertiary/aromatic N) is 3. The number of hydrogen-bond donors (Lipinski definition) is 1. The summed E-state index contributed by atoms with van der Waals surface area (Å²) in [5.74, 6) is 0. The Morgan fingerprint density at radius 1 is 1.11 bits per heavy atom. The van der Waals surface area contributed by atoms with Gasteiger partial charge in [-0.3, -0.25) is 20.1 Å². The number of fused-ring (bicyclic) bond motifs is 1. The fourth-order valence-electron chi connectivity index (χ4n) is 2.06. The summed E-state index contributed by atoms with van der Waals surface area (Å²) in [5.41, 5.74) is 8.35. The van der Waals surface area contributed by atoms with Crippen molar-refractivity contribution in [2.45, 2.75) is 13.8 Å². The molecule has 3 heterocycles. The van der Waals surface area contributed by atoms with Gasteiger partial charge in [0.15, 0.2) is 0 Å². The minimum absolute atomic E-state index is 0.859. The van der Waals surface area contributed by atoms with Gasteiger partial charge in [-0.1, -0.05) is 0 Å². The molecule has 96 valence electrons. The molecule has 0 aromatic carbocycles. The Hall–Kier alpha value is -1.88. The Kier molecular flexibility index (Phi) is 2.98. The van der Waals surface area contributed by atoms with Crippen LogP contribution in [0.3, 0.4) is 0 Å². The van der Waals surface area contributed by atoms with Gasteiger partial charge in [0.25, 0.3) is 0 Å². The summed E-state index contributed by atoms with van der Waals surface area (Å²) in [7, 11) is 0. The number of nitrogens with one attached hydrogen (secondary N) is 1. The molecular formula is C14H13BrN4. The zero-order valence-electron chi connectivity index (χ0n) is 10.7. The third-order valence-electron chi connectivity index (χ3n) is 3.05. The zero-order valence-corrected chi connectivity index (χ0v) is 12.3. The van der Waals surface area contributed by atoms with Gasteiger partial charge in [0.05, 0.1) is 11.2 Å². The van der Waals surface area contributed by atoms with E-state index in [1.54, 1.807) is 12.4 Å². The molecule has 0 atom stereocenters. The lowest BCUT2D eigenvalue weighted by Crippen LogP contribution is -2.12. The molecule has 0 saturated heterocycles. The van der Waals surface area contributed by atoms with E-state index in [9.17, 15) is 0 Å². The lowest BCUT2D eigenvalue weighted by molar-refractivity contribution is 0.882. The third kappa shape index (κ3) is 2.21. The van der Waals surface area contributed by atoms with Gasteiger partial charge in [0, 0.05) is 28.3 Å². The number of rotatable bonds is 2. The van der Waals surface area contributed by atoms with Crippen LogP contribution in [0.15, 0.2) is 41.1 Å². The predicted molar refractivity (Wildman–Crippen MR) is 80.2 cm³/mol. The summed E-state index contributed by atoms with van der Waals surface area (Å²) in [6.45, 7) is 4.13. The number of pyridine rings is 2. The first-order chi connectivity index (χ1) is 9.15. The summed E-state index contributed by atoms with van der Waals surface area (Å²) in [6.07, 6.45) is 3.57. The van der Waals surface area contributed by atoms with Gasteiger partial charge in [0.1, 0.15) is 5.52 Å². The average molecular weight is 317 g/mol. The molecule has 0 aliphatic rings. The Bertz CT molecular complexity index is 729. The van der Waals surface area contributed by atoms with E-state index in [0.29, 0.717) is 0 Å². The second-order valence-corrected chi connectivity index (χ2v) is 5.36. The van der Waals surface area contributed by atoms with Crippen molar-refractivity contribution >= 4 is 32.7 Å². The lowest BCUT2D eigenvalue weighted by atomic mass is 10.3. The number of anilines is 1. The van der Waals surface area contributed by atoms with Crippen LogP contribution in [0.4, 0.5) is 5.69 Å². The Morgan fingerprint density at radius 2 is 1.84 bits per heavy atom. The molecule has 3 aromatic rings. The van der Waals surface area contributed by atoms with E-state index in [0.717, 1.165) is 32.6 Å². The van der Waals surface area contributed by atoms with Gasteiger partial charge >= 0.3 is 0 Å². The normalized spacial score (nSPS) is 10.9. The molecule has 3 aromatic heterocycles. The summed E-state index contributed by atoms with van der Waals surface area (Å²) < 4.78 is 2.97. The van der Waals surface area contributed by atoms with Gasteiger partial charge < -0.3 is 0 Å². The molecule has 0 unspecified atom stereocenters. The van der Waals surface area contributed by atoms with E-state index in [1.165, 1.54) is 0 Å². The van der Waals surface area contributed by atoms with Crippen LogP contribution in [0.25, 0.3) is 11.0 Å². The smallest absolute Gasteiger partial charge is 0.114 e. The number of aromatic nitrogens is 3. The van der Waals surface area contributed by atoms with Crippen molar-refractivity contribution in [2.75, 3.05) is 5.43 Å². The molecule has 1 N–H and O–H groups in total. The summed E-state index contributed by atoms with van der Waals surface area (Å²) in [6, 6.07) is 8.05. The van der Waals surface area contributed by atoms with Crippen LogP contribution in [-0.2, 0) is 0 Å². The van der Waals surface area contributed by atoms with Crippen molar-refractivity contribution in [3.63, 3.8) is 0 Å². The second kappa shape index (κ2) is 4.66. The first-order valence-electron chi connectivity index (χ1n) is 5.97. The summed E-state index contributed by atoms with van der Waals surface area (Å²) >= 11 is 3.41. The molecule has 0 amide bonds. The topological polar surface area (TPSA) is 42.7 Å². The van der Waals surface area contributed by atoms with Crippen LogP contribution < -0.4 is 5.43 Å². The largest absolute Gasteiger partial charge is 0.292 e. The van der Waals surface area contributed by atoms with E-state index in [-0.39, 0.29) is 0 Å². The Labute approximate surface area is 119 Å². The molecule has 5 heteroatoms. The molecule has 0 fully saturated rings. The van der Waals surface area contributed by atoms with Crippen LogP contribution >= 0.6 is 15.9 Å². The average Bonchev–Trinajstić information content (AvgIpc) is 2.70. The highest BCUT2D eigenvalue weighted by Gasteiger charge is 2.06. The van der Waals surface area contributed by atoms with Crippen LogP contribution in [-0.4, -0.2) is 14.6 Å². The van der Waals surface area contributed by atoms with E-state index in [4.69, 9.17) is 0 Å². The van der Waals surface area contributed by atoms with Gasteiger partial charge in [0.2, 0.25) is 0 Å². The highest BCUT2D eigenvalue weighted by molar-refractivity contribution is 9.10. The molecule has 0 aliphatic carbocycles. The van der Waals surface area contributed by atoms with Crippen molar-refractivity contribution in [1.29, 1.82) is 0 Å². The van der Waals surface area contributed by atoms with Gasteiger partial charge in [-0.25, -0.2) is 0 Å². The van der Waals surface area contributed by atoms with E-state index < -0.39 is 0 Å². The van der Waals surface area contributed by atoms with Crippen molar-refractivity contribution in [3.8, 4) is 0 Å². The van der Waals surface area contributed by atoms with Crippen molar-refractivity contribution in [2.24, 2.45) is 0 Å². The van der Waals surface area contributed by atoms with Crippen LogP contribution in [0, 0.1) is 13.8 Å². The summed E-state index contributed by atoms with van der Waals surface area (Å²) in [5, 5.41) is 0. The molecule has 0 spiro atoms. The SMILES string of the molecule is Cc1ccc(C)n1Nc1ccnc2cc(Br)cnc12. The summed E-state index contributed by atoms with van der Waals surface area (Å²) in [4.78, 5) is 8.77. The fourth-order valence-corrected chi connectivity index (χ4v) is 2.38. The van der Waals surface area contributed by atoms with Crippen molar-refractivity contribution in [3.05, 3.63) is 52.5 Å². The maximum atomic E-state index is 4.44. The standard InChI is InChI=1S/C14H13BrN4/c1-9-3-4-10(2)19(9)18-12-5-6-16-13-7-11(15)8-17-14(12)13/h3-8H,1-2H3,(H,16,18). The van der Waals surface area contributed by atoms with Crippen LogP contribution in [0.1, 0.15) is 11.4 Å². The first kappa shape index (κ1) is 12.2. The van der Waals surface area contributed by atoms with Gasteiger partial charge in [-0.2, -0.15) is 0 Å². The van der Waals surface area contributed by atoms with Crippen molar-refractivity contribution in [1.82, 2.24) is 14.6 Å². The molecule has 4 nitrogen and oxygen atoms in total. The quantitative estimate of drug-likeness (QED) is 0.784. The first-order valence-corrected chi connectivity index (χ1v) is 6.77. The predicted octanol–water partition coefficient (Wildman–Crippen LogP) is 3.69. The Balaban J connectivity index is 2.11. The van der Waals surface area contributed by atoms with Gasteiger partial charge in [-0.15, -0.1) is 0 Å². The van der Waals surface area contributed by atoms with E-state index >= 15 is 0 Å². The monoisotopic (exact) mass is 316 g/mol. The highest BCUT2D eigenvalue weighted by atomic mass is 79.9. The number of hydrogen-bond acceptors (Lipinski definition) is 3. The fraction of sp³-hybridized carbons (Fsp3) is 0.143. The van der Waals surface area contributed by atoms with Gasteiger partial charge in [-0.05, 0) is 54.0 Å². The van der Waals surface area contributed by atoms with Crippen molar-refractivity contribution < 1.29 is 0 Å². The minimum atomic E-state index is 0.859. The number of halogens is 1. The maximum Gasteiger partial charge on any atom is 0.114 e. The molecule has 19 heavy (non-hydrogen) atoms. The molecule has 0 aliphatic heterocycles. The highest BCUT2D eigenvalue weighted by Crippen LogP contribution is 2.22. The molecule has 3 rings (SSSR count). The molecule has 0 saturated carbocycles. The lowest BCUT2D eigenvalue weighted by Gasteiger charge is -2.13. The molecule has 0 radical (unpaired) electrons. The minimum Gasteiger partial charge on any atom is -0.292 e. The third-order valence-corrected chi connectivity index (χ3v) is 3.48.